The molecule has 0 saturated heterocycles. The molecule has 4 aliphatic carbocycles. The van der Waals surface area contributed by atoms with Gasteiger partial charge in [-0.15, -0.1) is 0 Å². The highest BCUT2D eigenvalue weighted by atomic mass is 19.3. The summed E-state index contributed by atoms with van der Waals surface area (Å²) < 4.78 is 27.4. The van der Waals surface area contributed by atoms with Gasteiger partial charge in [-0.05, 0) is 81.1 Å². The largest absolute Gasteiger partial charge is 0.351 e. The lowest BCUT2D eigenvalue weighted by Crippen LogP contribution is -2.57. The smallest absolute Gasteiger partial charge is 0.280 e. The molecular weight excluding hydrogens is 336 g/mol. The van der Waals surface area contributed by atoms with Crippen molar-refractivity contribution in [2.75, 3.05) is 0 Å². The Bertz CT molecular complexity index is 649. The van der Waals surface area contributed by atoms with Gasteiger partial charge in [-0.1, -0.05) is 6.92 Å². The normalized spacial score (nSPS) is 33.7. The molecule has 26 heavy (non-hydrogen) atoms. The fourth-order valence-corrected chi connectivity index (χ4v) is 6.54. The Kier molecular flexibility index (Phi) is 4.56. The summed E-state index contributed by atoms with van der Waals surface area (Å²) in [5.41, 5.74) is 0.562. The molecule has 4 nitrogen and oxygen atoms in total. The summed E-state index contributed by atoms with van der Waals surface area (Å²) in [6.45, 7) is 3.67. The van der Waals surface area contributed by atoms with Crippen molar-refractivity contribution in [2.24, 2.45) is 23.2 Å². The van der Waals surface area contributed by atoms with Crippen LogP contribution in [0, 0.1) is 30.1 Å². The van der Waals surface area contributed by atoms with E-state index in [2.05, 4.69) is 17.3 Å². The first-order valence-corrected chi connectivity index (χ1v) is 10.0. The third-order valence-electron chi connectivity index (χ3n) is 7.02. The SMILES string of the molecule is CCC(NC(=O)Cn1nc(C)cc1C(F)F)C12CC3CC(CC(C3)C1)C2. The van der Waals surface area contributed by atoms with Gasteiger partial charge < -0.3 is 5.32 Å². The maximum atomic E-state index is 13.1. The summed E-state index contributed by atoms with van der Waals surface area (Å²) >= 11 is 0. The summed E-state index contributed by atoms with van der Waals surface area (Å²) in [4.78, 5) is 12.6. The molecule has 144 valence electrons. The van der Waals surface area contributed by atoms with Gasteiger partial charge in [0.25, 0.3) is 6.43 Å². The number of carbonyl (C=O) groups is 1. The number of rotatable bonds is 6. The molecule has 6 heteroatoms. The lowest BCUT2D eigenvalue weighted by molar-refractivity contribution is -0.127. The van der Waals surface area contributed by atoms with Crippen LogP contribution < -0.4 is 5.32 Å². The van der Waals surface area contributed by atoms with Crippen molar-refractivity contribution in [1.82, 2.24) is 15.1 Å². The number of aryl methyl sites for hydroxylation is 1. The van der Waals surface area contributed by atoms with Gasteiger partial charge in [0.2, 0.25) is 5.91 Å². The molecule has 4 aliphatic rings. The molecule has 4 saturated carbocycles. The zero-order chi connectivity index (χ0) is 18.5. The van der Waals surface area contributed by atoms with Crippen LogP contribution >= 0.6 is 0 Å². The molecule has 0 radical (unpaired) electrons. The van der Waals surface area contributed by atoms with E-state index in [1.54, 1.807) is 6.92 Å². The van der Waals surface area contributed by atoms with E-state index in [1.807, 2.05) is 0 Å². The molecule has 1 atom stereocenters. The first-order chi connectivity index (χ1) is 12.4. The Morgan fingerprint density at radius 2 is 1.85 bits per heavy atom. The van der Waals surface area contributed by atoms with Gasteiger partial charge in [-0.2, -0.15) is 5.10 Å². The Morgan fingerprint density at radius 3 is 2.35 bits per heavy atom. The van der Waals surface area contributed by atoms with Crippen molar-refractivity contribution < 1.29 is 13.6 Å². The molecule has 1 aromatic heterocycles. The maximum Gasteiger partial charge on any atom is 0.280 e. The molecule has 0 spiro atoms. The average molecular weight is 365 g/mol. The van der Waals surface area contributed by atoms with Gasteiger partial charge in [-0.25, -0.2) is 8.78 Å². The summed E-state index contributed by atoms with van der Waals surface area (Å²) in [5, 5.41) is 7.28. The number of carbonyl (C=O) groups excluding carboxylic acids is 1. The number of aromatic nitrogens is 2. The van der Waals surface area contributed by atoms with Crippen LogP contribution in [0.2, 0.25) is 0 Å². The Hall–Kier alpha value is -1.46. The number of alkyl halides is 2. The molecule has 4 fully saturated rings. The lowest BCUT2D eigenvalue weighted by Gasteiger charge is -2.59. The number of nitrogens with one attached hydrogen (secondary N) is 1. The van der Waals surface area contributed by atoms with E-state index in [0.29, 0.717) is 5.69 Å². The highest BCUT2D eigenvalue weighted by Gasteiger charge is 2.54. The monoisotopic (exact) mass is 365 g/mol. The minimum absolute atomic E-state index is 0.129. The second-order valence-corrected chi connectivity index (χ2v) is 8.98. The molecular formula is C20H29F2N3O. The van der Waals surface area contributed by atoms with Crippen molar-refractivity contribution in [2.45, 2.75) is 77.8 Å². The van der Waals surface area contributed by atoms with Gasteiger partial charge in [0.15, 0.2) is 0 Å². The molecule has 0 aliphatic heterocycles. The van der Waals surface area contributed by atoms with Crippen LogP contribution in [0.3, 0.4) is 0 Å². The second-order valence-electron chi connectivity index (χ2n) is 8.98. The molecule has 1 unspecified atom stereocenters. The van der Waals surface area contributed by atoms with E-state index < -0.39 is 6.43 Å². The van der Waals surface area contributed by atoms with Crippen LogP contribution in [0.4, 0.5) is 8.78 Å². The zero-order valence-corrected chi connectivity index (χ0v) is 15.7. The third kappa shape index (κ3) is 3.16. The van der Waals surface area contributed by atoms with Crippen LogP contribution in [-0.2, 0) is 11.3 Å². The summed E-state index contributed by atoms with van der Waals surface area (Å²) in [6.07, 6.45) is 6.06. The van der Waals surface area contributed by atoms with E-state index in [-0.39, 0.29) is 29.6 Å². The van der Waals surface area contributed by atoms with Crippen LogP contribution in [0.15, 0.2) is 6.07 Å². The first kappa shape index (κ1) is 17.9. The maximum absolute atomic E-state index is 13.1. The topological polar surface area (TPSA) is 46.9 Å². The van der Waals surface area contributed by atoms with Crippen molar-refractivity contribution in [3.05, 3.63) is 17.5 Å². The molecule has 1 N–H and O–H groups in total. The molecule has 1 heterocycles. The number of hydrogen-bond acceptors (Lipinski definition) is 2. The van der Waals surface area contributed by atoms with Crippen molar-refractivity contribution in [3.8, 4) is 0 Å². The van der Waals surface area contributed by atoms with Crippen LogP contribution in [-0.4, -0.2) is 21.7 Å². The average Bonchev–Trinajstić information content (AvgIpc) is 2.91. The lowest BCUT2D eigenvalue weighted by atomic mass is 9.47. The van der Waals surface area contributed by atoms with Crippen LogP contribution in [0.25, 0.3) is 0 Å². The van der Waals surface area contributed by atoms with Crippen molar-refractivity contribution >= 4 is 5.91 Å². The first-order valence-electron chi connectivity index (χ1n) is 10.0. The minimum Gasteiger partial charge on any atom is -0.351 e. The predicted octanol–water partition coefficient (Wildman–Crippen LogP) is 4.24. The third-order valence-corrected chi connectivity index (χ3v) is 7.02. The van der Waals surface area contributed by atoms with Gasteiger partial charge >= 0.3 is 0 Å². The number of nitrogens with zero attached hydrogens (tertiary/aromatic N) is 2. The van der Waals surface area contributed by atoms with Gasteiger partial charge in [-0.3, -0.25) is 9.48 Å². The zero-order valence-electron chi connectivity index (χ0n) is 15.7. The predicted molar refractivity (Wildman–Crippen MR) is 94.7 cm³/mol. The van der Waals surface area contributed by atoms with Gasteiger partial charge in [0.1, 0.15) is 12.2 Å². The van der Waals surface area contributed by atoms with E-state index in [4.69, 9.17) is 0 Å². The van der Waals surface area contributed by atoms with E-state index in [0.717, 1.165) is 28.9 Å². The highest BCUT2D eigenvalue weighted by Crippen LogP contribution is 2.61. The van der Waals surface area contributed by atoms with E-state index >= 15 is 0 Å². The standard InChI is InChI=1S/C20H29F2N3O/c1-3-17(20-8-13-5-14(9-20)7-15(6-13)10-20)23-18(26)11-25-16(19(21)22)4-12(2)24-25/h4,13-15,17,19H,3,5-11H2,1-2H3,(H,23,26). The Morgan fingerprint density at radius 1 is 1.27 bits per heavy atom. The summed E-state index contributed by atoms with van der Waals surface area (Å²) in [5.74, 6) is 2.28. The molecule has 1 aromatic rings. The van der Waals surface area contributed by atoms with Crippen LogP contribution in [0.5, 0.6) is 0 Å². The van der Waals surface area contributed by atoms with Crippen molar-refractivity contribution in [3.63, 3.8) is 0 Å². The van der Waals surface area contributed by atoms with Crippen molar-refractivity contribution in [1.29, 1.82) is 0 Å². The van der Waals surface area contributed by atoms with E-state index in [1.165, 1.54) is 44.6 Å². The number of halogens is 2. The number of amides is 1. The fraction of sp³-hybridized carbons (Fsp3) is 0.800. The van der Waals surface area contributed by atoms with Gasteiger partial charge in [0, 0.05) is 6.04 Å². The molecule has 5 rings (SSSR count). The Labute approximate surface area is 153 Å². The molecule has 4 bridgehead atoms. The Balaban J connectivity index is 1.46. The fourth-order valence-electron chi connectivity index (χ4n) is 6.54. The highest BCUT2D eigenvalue weighted by molar-refractivity contribution is 5.76. The number of hydrogen-bond donors (Lipinski definition) is 1. The van der Waals surface area contributed by atoms with Crippen LogP contribution in [0.1, 0.15) is 69.7 Å². The minimum atomic E-state index is -2.62. The molecule has 0 aromatic carbocycles. The summed E-state index contributed by atoms with van der Waals surface area (Å²) in [6, 6.07) is 1.50. The second kappa shape index (κ2) is 6.61. The van der Waals surface area contributed by atoms with Gasteiger partial charge in [0.05, 0.1) is 5.69 Å². The molecule has 1 amide bonds. The summed E-state index contributed by atoms with van der Waals surface area (Å²) in [7, 11) is 0. The quantitative estimate of drug-likeness (QED) is 0.820. The van der Waals surface area contributed by atoms with E-state index in [9.17, 15) is 13.6 Å².